The Morgan fingerprint density at radius 2 is 1.82 bits per heavy atom. The highest BCUT2D eigenvalue weighted by Gasteiger charge is 2.29. The second-order valence-electron chi connectivity index (χ2n) is 10.3. The largest absolute Gasteiger partial charge is 0.462 e. The number of thioether (sulfide) groups is 1. The number of esters is 1. The van der Waals surface area contributed by atoms with Gasteiger partial charge in [-0.3, -0.25) is 24.3 Å². The molecule has 0 fully saturated rings. The Kier molecular flexibility index (Phi) is 10.2. The van der Waals surface area contributed by atoms with Gasteiger partial charge in [-0.2, -0.15) is 0 Å². The van der Waals surface area contributed by atoms with Crippen LogP contribution in [0.2, 0.25) is 0 Å². The maximum absolute atomic E-state index is 13.5. The van der Waals surface area contributed by atoms with Gasteiger partial charge in [0, 0.05) is 22.7 Å². The number of carbonyl (C=O) groups is 3. The summed E-state index contributed by atoms with van der Waals surface area (Å²) in [6.45, 7) is 3.74. The summed E-state index contributed by atoms with van der Waals surface area (Å²) in [5.41, 5.74) is 2.70. The van der Waals surface area contributed by atoms with Crippen LogP contribution in [0.1, 0.15) is 58.9 Å². The van der Waals surface area contributed by atoms with Gasteiger partial charge in [0.2, 0.25) is 11.8 Å². The number of nitrogens with zero attached hydrogens (tertiary/aromatic N) is 4. The molecule has 0 saturated carbocycles. The molecule has 0 spiro atoms. The third-order valence-electron chi connectivity index (χ3n) is 7.21. The lowest BCUT2D eigenvalue weighted by Crippen LogP contribution is -2.26. The van der Waals surface area contributed by atoms with Crippen molar-refractivity contribution in [2.24, 2.45) is 0 Å². The van der Waals surface area contributed by atoms with E-state index in [1.54, 1.807) is 30.5 Å². The number of carbonyl (C=O) groups excluding carboxylic acids is 3. The van der Waals surface area contributed by atoms with Crippen LogP contribution in [-0.4, -0.2) is 49.3 Å². The van der Waals surface area contributed by atoms with Crippen molar-refractivity contribution >= 4 is 51.6 Å². The summed E-state index contributed by atoms with van der Waals surface area (Å²) in [7, 11) is 0. The van der Waals surface area contributed by atoms with Crippen LogP contribution in [0.3, 0.4) is 0 Å². The van der Waals surface area contributed by atoms with E-state index in [-0.39, 0.29) is 37.1 Å². The van der Waals surface area contributed by atoms with E-state index in [1.165, 1.54) is 23.5 Å². The summed E-state index contributed by atoms with van der Waals surface area (Å²) in [5, 5.41) is 25.8. The zero-order valence-electron chi connectivity index (χ0n) is 24.8. The zero-order valence-corrected chi connectivity index (χ0v) is 26.4. The molecule has 12 nitrogen and oxygen atoms in total. The number of nitro groups is 1. The van der Waals surface area contributed by atoms with Crippen LogP contribution < -0.4 is 10.6 Å². The van der Waals surface area contributed by atoms with E-state index in [0.717, 1.165) is 53.4 Å². The monoisotopic (exact) mass is 648 g/mol. The summed E-state index contributed by atoms with van der Waals surface area (Å²) in [4.78, 5) is 50.8. The van der Waals surface area contributed by atoms with Gasteiger partial charge in [0.1, 0.15) is 5.00 Å². The van der Waals surface area contributed by atoms with Crippen LogP contribution in [0, 0.1) is 10.1 Å². The molecule has 2 aromatic carbocycles. The molecule has 2 heterocycles. The number of aromatic nitrogens is 3. The standard InChI is InChI=1S/C31H32N6O6S2/c1-3-43-30(40)27-23-11-7-8-12-24(23)45-29(27)33-28(39)19(2)44-31-35-34-25(18-32-26(38)17-20-9-5-4-6-10-20)36(31)21-13-15-22(16-14-21)37(41)42/h4-6,9-10,13-16,19H,3,7-8,11-12,17-18H2,1-2H3,(H,32,38)(H,33,39). The molecule has 0 radical (unpaired) electrons. The highest BCUT2D eigenvalue weighted by molar-refractivity contribution is 8.00. The van der Waals surface area contributed by atoms with Gasteiger partial charge in [-0.15, -0.1) is 21.5 Å². The number of hydrogen-bond acceptors (Lipinski definition) is 10. The average molecular weight is 649 g/mol. The molecule has 4 aromatic rings. The van der Waals surface area contributed by atoms with Crippen LogP contribution in [0.5, 0.6) is 0 Å². The number of anilines is 1. The van der Waals surface area contributed by atoms with Crippen molar-refractivity contribution in [1.82, 2.24) is 20.1 Å². The molecule has 1 aliphatic carbocycles. The van der Waals surface area contributed by atoms with E-state index in [2.05, 4.69) is 20.8 Å². The number of fused-ring (bicyclic) bond motifs is 1. The summed E-state index contributed by atoms with van der Waals surface area (Å²) in [5.74, 6) is -0.599. The van der Waals surface area contributed by atoms with Gasteiger partial charge in [-0.05, 0) is 62.8 Å². The number of aryl methyl sites for hydroxylation is 1. The van der Waals surface area contributed by atoms with Gasteiger partial charge in [0.25, 0.3) is 5.69 Å². The minimum absolute atomic E-state index is 0.0421. The quantitative estimate of drug-likeness (QED) is 0.0903. The first-order chi connectivity index (χ1) is 21.7. The molecule has 45 heavy (non-hydrogen) atoms. The van der Waals surface area contributed by atoms with Gasteiger partial charge in [-0.25, -0.2) is 4.79 Å². The number of thiophene rings is 1. The molecular weight excluding hydrogens is 617 g/mol. The zero-order chi connectivity index (χ0) is 31.9. The minimum Gasteiger partial charge on any atom is -0.462 e. The number of non-ortho nitro benzene ring substituents is 1. The second kappa shape index (κ2) is 14.5. The normalized spacial score (nSPS) is 13.0. The molecule has 1 unspecified atom stereocenters. The molecule has 0 saturated heterocycles. The molecule has 2 N–H and O–H groups in total. The molecule has 234 valence electrons. The van der Waals surface area contributed by atoms with Crippen molar-refractivity contribution in [3.8, 4) is 5.69 Å². The Hall–Kier alpha value is -4.56. The topological polar surface area (TPSA) is 158 Å². The van der Waals surface area contributed by atoms with Crippen molar-refractivity contribution in [2.75, 3.05) is 11.9 Å². The summed E-state index contributed by atoms with van der Waals surface area (Å²) >= 11 is 2.55. The Balaban J connectivity index is 1.36. The first-order valence-electron chi connectivity index (χ1n) is 14.5. The van der Waals surface area contributed by atoms with Crippen LogP contribution >= 0.6 is 23.1 Å². The summed E-state index contributed by atoms with van der Waals surface area (Å²) in [6, 6.07) is 15.2. The lowest BCUT2D eigenvalue weighted by molar-refractivity contribution is -0.384. The van der Waals surface area contributed by atoms with Crippen LogP contribution in [0.15, 0.2) is 59.8 Å². The highest BCUT2D eigenvalue weighted by atomic mass is 32.2. The predicted molar refractivity (Wildman–Crippen MR) is 171 cm³/mol. The van der Waals surface area contributed by atoms with E-state index >= 15 is 0 Å². The van der Waals surface area contributed by atoms with Crippen molar-refractivity contribution in [3.05, 3.63) is 92.1 Å². The molecule has 0 aliphatic heterocycles. The third-order valence-corrected chi connectivity index (χ3v) is 9.46. The van der Waals surface area contributed by atoms with Crippen LogP contribution in [0.25, 0.3) is 5.69 Å². The number of rotatable bonds is 12. The van der Waals surface area contributed by atoms with Gasteiger partial charge < -0.3 is 15.4 Å². The van der Waals surface area contributed by atoms with Crippen molar-refractivity contribution in [2.45, 2.75) is 62.9 Å². The number of nitro benzene ring substituents is 1. The van der Waals surface area contributed by atoms with E-state index in [0.29, 0.717) is 27.2 Å². The Morgan fingerprint density at radius 1 is 1.09 bits per heavy atom. The molecule has 0 bridgehead atoms. The van der Waals surface area contributed by atoms with E-state index in [1.807, 2.05) is 30.3 Å². The molecule has 2 amide bonds. The molecule has 1 aliphatic rings. The van der Waals surface area contributed by atoms with Gasteiger partial charge in [0.05, 0.1) is 35.3 Å². The first kappa shape index (κ1) is 31.9. The lowest BCUT2D eigenvalue weighted by atomic mass is 9.95. The molecule has 14 heteroatoms. The third kappa shape index (κ3) is 7.57. The highest BCUT2D eigenvalue weighted by Crippen LogP contribution is 2.39. The van der Waals surface area contributed by atoms with E-state index < -0.39 is 16.1 Å². The van der Waals surface area contributed by atoms with E-state index in [4.69, 9.17) is 4.74 Å². The number of ether oxygens (including phenoxy) is 1. The van der Waals surface area contributed by atoms with Gasteiger partial charge in [-0.1, -0.05) is 42.1 Å². The number of benzene rings is 2. The minimum atomic E-state index is -0.666. The predicted octanol–water partition coefficient (Wildman–Crippen LogP) is 5.27. The van der Waals surface area contributed by atoms with Gasteiger partial charge in [0.15, 0.2) is 11.0 Å². The van der Waals surface area contributed by atoms with Crippen LogP contribution in [0.4, 0.5) is 10.7 Å². The number of hydrogen-bond donors (Lipinski definition) is 2. The maximum Gasteiger partial charge on any atom is 0.341 e. The molecule has 1 atom stereocenters. The number of nitrogens with one attached hydrogen (secondary N) is 2. The Labute approximate surface area is 267 Å². The van der Waals surface area contributed by atoms with Gasteiger partial charge >= 0.3 is 5.97 Å². The summed E-state index contributed by atoms with van der Waals surface area (Å²) in [6.07, 6.45) is 3.82. The molecular formula is C31H32N6O6S2. The van der Waals surface area contributed by atoms with E-state index in [9.17, 15) is 24.5 Å². The smallest absolute Gasteiger partial charge is 0.341 e. The SMILES string of the molecule is CCOC(=O)c1c(NC(=O)C(C)Sc2nnc(CNC(=O)Cc3ccccc3)n2-c2ccc([N+](=O)[O-])cc2)sc2c1CCCC2. The lowest BCUT2D eigenvalue weighted by Gasteiger charge is -2.15. The molecule has 2 aromatic heterocycles. The maximum atomic E-state index is 13.5. The summed E-state index contributed by atoms with van der Waals surface area (Å²) < 4.78 is 6.97. The number of amides is 2. The van der Waals surface area contributed by atoms with Crippen molar-refractivity contribution < 1.29 is 24.0 Å². The Morgan fingerprint density at radius 3 is 2.53 bits per heavy atom. The average Bonchev–Trinajstić information content (AvgIpc) is 3.61. The first-order valence-corrected chi connectivity index (χ1v) is 16.2. The van der Waals surface area contributed by atoms with Crippen molar-refractivity contribution in [3.63, 3.8) is 0 Å². The second-order valence-corrected chi connectivity index (χ2v) is 12.7. The fourth-order valence-corrected chi connectivity index (χ4v) is 7.16. The Bertz CT molecular complexity index is 1700. The fraction of sp³-hybridized carbons (Fsp3) is 0.323. The van der Waals surface area contributed by atoms with Crippen molar-refractivity contribution in [1.29, 1.82) is 0 Å². The fourth-order valence-electron chi connectivity index (χ4n) is 4.99. The molecule has 5 rings (SSSR count). The van der Waals surface area contributed by atoms with Crippen LogP contribution in [-0.2, 0) is 40.1 Å².